The molecule has 2 N–H and O–H groups in total. The van der Waals surface area contributed by atoms with Crippen molar-refractivity contribution in [1.29, 1.82) is 0 Å². The van der Waals surface area contributed by atoms with Crippen LogP contribution in [0.4, 0.5) is 0 Å². The summed E-state index contributed by atoms with van der Waals surface area (Å²) in [6.07, 6.45) is 1.85. The molecular weight excluding hydrogens is 326 g/mol. The molecule has 1 atom stereocenters. The maximum Gasteiger partial charge on any atom is 0.259 e. The van der Waals surface area contributed by atoms with E-state index in [0.29, 0.717) is 46.6 Å². The highest BCUT2D eigenvalue weighted by atomic mass is 35.5. The van der Waals surface area contributed by atoms with Gasteiger partial charge in [0.2, 0.25) is 0 Å². The molecule has 0 radical (unpaired) electrons. The summed E-state index contributed by atoms with van der Waals surface area (Å²) < 4.78 is 5.30. The van der Waals surface area contributed by atoms with Gasteiger partial charge in [-0.3, -0.25) is 4.79 Å². The van der Waals surface area contributed by atoms with E-state index in [4.69, 9.17) is 21.9 Å². The lowest BCUT2D eigenvalue weighted by atomic mass is 9.90. The molecule has 128 valence electrons. The molecule has 1 fully saturated rings. The standard InChI is InChI=1S/C18H22ClN3O2/c1-11(20)13-7-9-22(10-8-13)18(23)16-12(2)24-21-17(16)14-5-3-4-6-15(14)19/h3-6,11,13H,7-10,20H2,1-2H3. The molecule has 6 heteroatoms. The summed E-state index contributed by atoms with van der Waals surface area (Å²) in [6.45, 7) is 5.20. The number of carbonyl (C=O) groups is 1. The number of hydrogen-bond acceptors (Lipinski definition) is 4. The highest BCUT2D eigenvalue weighted by Crippen LogP contribution is 2.32. The number of nitrogens with zero attached hydrogens (tertiary/aromatic N) is 2. The van der Waals surface area contributed by atoms with Crippen LogP contribution in [-0.4, -0.2) is 35.1 Å². The van der Waals surface area contributed by atoms with Crippen LogP contribution < -0.4 is 5.73 Å². The van der Waals surface area contributed by atoms with Gasteiger partial charge >= 0.3 is 0 Å². The first-order chi connectivity index (χ1) is 11.5. The molecule has 1 aromatic carbocycles. The van der Waals surface area contributed by atoms with Crippen LogP contribution in [0, 0.1) is 12.8 Å². The van der Waals surface area contributed by atoms with E-state index in [2.05, 4.69) is 5.16 Å². The predicted molar refractivity (Wildman–Crippen MR) is 94.0 cm³/mol. The van der Waals surface area contributed by atoms with Gasteiger partial charge in [0, 0.05) is 24.7 Å². The smallest absolute Gasteiger partial charge is 0.259 e. The normalized spacial score (nSPS) is 17.1. The number of aryl methyl sites for hydroxylation is 1. The minimum Gasteiger partial charge on any atom is -0.360 e. The van der Waals surface area contributed by atoms with Crippen molar-refractivity contribution in [2.45, 2.75) is 32.7 Å². The Labute approximate surface area is 146 Å². The van der Waals surface area contributed by atoms with Crippen molar-refractivity contribution in [2.75, 3.05) is 13.1 Å². The second kappa shape index (κ2) is 6.95. The lowest BCUT2D eigenvalue weighted by molar-refractivity contribution is 0.0680. The van der Waals surface area contributed by atoms with Crippen LogP contribution >= 0.6 is 11.6 Å². The SMILES string of the molecule is Cc1onc(-c2ccccc2Cl)c1C(=O)N1CCC(C(C)N)CC1. The fraction of sp³-hybridized carbons (Fsp3) is 0.444. The van der Waals surface area contributed by atoms with Crippen LogP contribution in [0.2, 0.25) is 5.02 Å². The summed E-state index contributed by atoms with van der Waals surface area (Å²) in [4.78, 5) is 14.9. The van der Waals surface area contributed by atoms with E-state index in [-0.39, 0.29) is 11.9 Å². The fourth-order valence-electron chi connectivity index (χ4n) is 3.25. The number of benzene rings is 1. The molecule has 1 saturated heterocycles. The summed E-state index contributed by atoms with van der Waals surface area (Å²) in [5.41, 5.74) is 7.71. The van der Waals surface area contributed by atoms with Crippen LogP contribution in [-0.2, 0) is 0 Å². The Morgan fingerprint density at radius 1 is 1.38 bits per heavy atom. The number of nitrogens with two attached hydrogens (primary N) is 1. The molecule has 1 aromatic heterocycles. The molecule has 24 heavy (non-hydrogen) atoms. The van der Waals surface area contributed by atoms with E-state index in [0.717, 1.165) is 12.8 Å². The minimum atomic E-state index is -0.0493. The van der Waals surface area contributed by atoms with E-state index < -0.39 is 0 Å². The molecule has 1 unspecified atom stereocenters. The second-order valence-corrected chi connectivity index (χ2v) is 6.84. The molecule has 1 amide bonds. The average molecular weight is 348 g/mol. The lowest BCUT2D eigenvalue weighted by Crippen LogP contribution is -2.42. The van der Waals surface area contributed by atoms with Crippen LogP contribution in [0.3, 0.4) is 0 Å². The van der Waals surface area contributed by atoms with Crippen molar-refractivity contribution < 1.29 is 9.32 Å². The van der Waals surface area contributed by atoms with E-state index in [1.807, 2.05) is 30.0 Å². The van der Waals surface area contributed by atoms with E-state index in [9.17, 15) is 4.79 Å². The highest BCUT2D eigenvalue weighted by Gasteiger charge is 2.30. The molecule has 2 aromatic rings. The van der Waals surface area contributed by atoms with Gasteiger partial charge in [-0.25, -0.2) is 0 Å². The lowest BCUT2D eigenvalue weighted by Gasteiger charge is -2.33. The van der Waals surface area contributed by atoms with Gasteiger partial charge in [-0.05, 0) is 38.7 Å². The van der Waals surface area contributed by atoms with E-state index >= 15 is 0 Å². The molecular formula is C18H22ClN3O2. The zero-order valence-electron chi connectivity index (χ0n) is 14.0. The molecule has 2 heterocycles. The van der Waals surface area contributed by atoms with Crippen molar-refractivity contribution in [2.24, 2.45) is 11.7 Å². The Hall–Kier alpha value is -1.85. The Morgan fingerprint density at radius 2 is 2.04 bits per heavy atom. The topological polar surface area (TPSA) is 72.4 Å². The number of amides is 1. The summed E-state index contributed by atoms with van der Waals surface area (Å²) in [7, 11) is 0. The molecule has 5 nitrogen and oxygen atoms in total. The third kappa shape index (κ3) is 3.19. The fourth-order valence-corrected chi connectivity index (χ4v) is 3.47. The number of halogens is 1. The summed E-state index contributed by atoms with van der Waals surface area (Å²) in [6, 6.07) is 7.51. The van der Waals surface area contributed by atoms with E-state index in [1.165, 1.54) is 0 Å². The second-order valence-electron chi connectivity index (χ2n) is 6.43. The number of aromatic nitrogens is 1. The van der Waals surface area contributed by atoms with Gasteiger partial charge in [-0.2, -0.15) is 0 Å². The third-order valence-electron chi connectivity index (χ3n) is 4.78. The molecule has 1 aliphatic heterocycles. The van der Waals surface area contributed by atoms with Gasteiger partial charge < -0.3 is 15.2 Å². The largest absolute Gasteiger partial charge is 0.360 e. The summed E-state index contributed by atoms with van der Waals surface area (Å²) >= 11 is 6.26. The van der Waals surface area contributed by atoms with Gasteiger partial charge in [0.25, 0.3) is 5.91 Å². The maximum atomic E-state index is 13.0. The van der Waals surface area contributed by atoms with Crippen molar-refractivity contribution in [3.63, 3.8) is 0 Å². The Balaban J connectivity index is 1.87. The molecule has 0 saturated carbocycles. The zero-order valence-corrected chi connectivity index (χ0v) is 14.7. The highest BCUT2D eigenvalue weighted by molar-refractivity contribution is 6.33. The quantitative estimate of drug-likeness (QED) is 0.922. The maximum absolute atomic E-state index is 13.0. The molecule has 3 rings (SSSR count). The third-order valence-corrected chi connectivity index (χ3v) is 5.11. The molecule has 1 aliphatic rings. The molecule has 0 spiro atoms. The van der Waals surface area contributed by atoms with E-state index in [1.54, 1.807) is 13.0 Å². The van der Waals surface area contributed by atoms with Gasteiger partial charge in [0.05, 0.1) is 5.02 Å². The summed E-state index contributed by atoms with van der Waals surface area (Å²) in [5, 5.41) is 4.63. The van der Waals surface area contributed by atoms with Crippen LogP contribution in [0.1, 0.15) is 35.9 Å². The van der Waals surface area contributed by atoms with Gasteiger partial charge in [-0.15, -0.1) is 0 Å². The number of carbonyl (C=O) groups excluding carboxylic acids is 1. The van der Waals surface area contributed by atoms with Gasteiger partial charge in [0.1, 0.15) is 17.0 Å². The Kier molecular flexibility index (Phi) is 4.92. The number of piperidine rings is 1. The first kappa shape index (κ1) is 17.0. The van der Waals surface area contributed by atoms with Gasteiger partial charge in [0.15, 0.2) is 0 Å². The van der Waals surface area contributed by atoms with Crippen molar-refractivity contribution in [3.05, 3.63) is 40.6 Å². The predicted octanol–water partition coefficient (Wildman–Crippen LogP) is 3.50. The van der Waals surface area contributed by atoms with Crippen LogP contribution in [0.5, 0.6) is 0 Å². The number of likely N-dealkylation sites (tertiary alicyclic amines) is 1. The Bertz CT molecular complexity index is 734. The van der Waals surface area contributed by atoms with Crippen LogP contribution in [0.25, 0.3) is 11.3 Å². The van der Waals surface area contributed by atoms with Crippen molar-refractivity contribution in [3.8, 4) is 11.3 Å². The zero-order chi connectivity index (χ0) is 17.3. The van der Waals surface area contributed by atoms with Crippen molar-refractivity contribution >= 4 is 17.5 Å². The first-order valence-corrected chi connectivity index (χ1v) is 8.63. The Morgan fingerprint density at radius 3 is 2.67 bits per heavy atom. The minimum absolute atomic E-state index is 0.0493. The number of rotatable bonds is 3. The molecule has 0 bridgehead atoms. The summed E-state index contributed by atoms with van der Waals surface area (Å²) in [5.74, 6) is 0.941. The molecule has 0 aliphatic carbocycles. The monoisotopic (exact) mass is 347 g/mol. The van der Waals surface area contributed by atoms with Crippen molar-refractivity contribution in [1.82, 2.24) is 10.1 Å². The number of hydrogen-bond donors (Lipinski definition) is 1. The van der Waals surface area contributed by atoms with Gasteiger partial charge in [-0.1, -0.05) is 35.0 Å². The van der Waals surface area contributed by atoms with Crippen LogP contribution in [0.15, 0.2) is 28.8 Å². The average Bonchev–Trinajstić information content (AvgIpc) is 2.96. The first-order valence-electron chi connectivity index (χ1n) is 8.25.